The largest absolute Gasteiger partial charge is 0.465 e. The van der Waals surface area contributed by atoms with Crippen LogP contribution < -0.4 is 11.5 Å². The molecule has 0 amide bonds. The second kappa shape index (κ2) is 16.3. The van der Waals surface area contributed by atoms with Crippen molar-refractivity contribution in [3.05, 3.63) is 40.7 Å². The second-order valence-electron chi connectivity index (χ2n) is 12.2. The van der Waals surface area contributed by atoms with E-state index in [4.69, 9.17) is 46.1 Å². The number of nitrogens with zero attached hydrogens (tertiary/aromatic N) is 15. The summed E-state index contributed by atoms with van der Waals surface area (Å²) in [5, 5.41) is 35.3. The van der Waals surface area contributed by atoms with Gasteiger partial charge >= 0.3 is 11.9 Å². The van der Waals surface area contributed by atoms with Gasteiger partial charge in [-0.2, -0.15) is 44.7 Å². The molecule has 0 radical (unpaired) electrons. The van der Waals surface area contributed by atoms with Crippen molar-refractivity contribution < 1.29 is 19.1 Å². The van der Waals surface area contributed by atoms with Gasteiger partial charge in [0, 0.05) is 20.0 Å². The molecule has 0 atom stereocenters. The minimum atomic E-state index is -0.607. The van der Waals surface area contributed by atoms with Crippen LogP contribution in [0.2, 0.25) is 0 Å². The standard InChI is InChI=1S/C32H43N17O4/c1-9-11-13-20-22(40-42-27-18(29(50)52-7)15-35-46(27)5)24(33)48(44-20)31-37-26(17(3)4)38-32(39-31)49-25(34)23(21(45-49)14-12-10-2)41-43-28-19(30(51)53-8)16-36-47(28)6/h15-17H,9-14,33-34H2,1-8H3. The van der Waals surface area contributed by atoms with E-state index in [0.717, 1.165) is 25.7 Å². The molecule has 5 heterocycles. The van der Waals surface area contributed by atoms with Crippen LogP contribution in [0.1, 0.15) is 97.2 Å². The summed E-state index contributed by atoms with van der Waals surface area (Å²) in [6.45, 7) is 7.97. The van der Waals surface area contributed by atoms with Crippen LogP contribution in [0, 0.1) is 0 Å². The molecule has 21 heteroatoms. The monoisotopic (exact) mass is 729 g/mol. The van der Waals surface area contributed by atoms with E-state index in [1.165, 1.54) is 45.3 Å². The lowest BCUT2D eigenvalue weighted by Gasteiger charge is -2.10. The third-order valence-electron chi connectivity index (χ3n) is 8.10. The third kappa shape index (κ3) is 7.77. The lowest BCUT2D eigenvalue weighted by atomic mass is 10.2. The number of nitrogen functional groups attached to an aromatic ring is 2. The van der Waals surface area contributed by atoms with Crippen molar-refractivity contribution in [2.75, 3.05) is 25.7 Å². The summed E-state index contributed by atoms with van der Waals surface area (Å²) in [5.74, 6) is -0.175. The van der Waals surface area contributed by atoms with Crippen molar-refractivity contribution in [2.45, 2.75) is 72.1 Å². The minimum Gasteiger partial charge on any atom is -0.465 e. The predicted molar refractivity (Wildman–Crippen MR) is 192 cm³/mol. The SMILES string of the molecule is CCCCc1nn(-c2nc(C(C)C)nc(-n3nc(CCCC)c(N=Nc4c(C(=O)OC)cnn4C)c3N)n2)c(N)c1N=Nc1c(C(=O)OC)cnn1C. The maximum absolute atomic E-state index is 12.3. The Morgan fingerprint density at radius 3 is 1.49 bits per heavy atom. The Hall–Kier alpha value is -6.41. The number of nitrogens with two attached hydrogens (primary N) is 2. The molecule has 0 saturated carbocycles. The molecule has 4 N–H and O–H groups in total. The number of aromatic nitrogens is 11. The average molecular weight is 730 g/mol. The van der Waals surface area contributed by atoms with Gasteiger partial charge in [0.25, 0.3) is 11.9 Å². The van der Waals surface area contributed by atoms with Gasteiger partial charge in [0.2, 0.25) is 0 Å². The van der Waals surface area contributed by atoms with E-state index in [0.29, 0.717) is 30.1 Å². The summed E-state index contributed by atoms with van der Waals surface area (Å²) in [6.07, 6.45) is 7.11. The molecule has 5 rings (SSSR count). The molecule has 53 heavy (non-hydrogen) atoms. The summed E-state index contributed by atoms with van der Waals surface area (Å²) in [5.41, 5.74) is 15.3. The topological polar surface area (TPSA) is 264 Å². The molecular formula is C32H43N17O4. The van der Waals surface area contributed by atoms with Crippen molar-refractivity contribution >= 4 is 46.6 Å². The number of methoxy groups -OCH3 is 2. The van der Waals surface area contributed by atoms with E-state index in [9.17, 15) is 9.59 Å². The molecule has 280 valence electrons. The molecule has 0 aliphatic heterocycles. The molecule has 5 aromatic heterocycles. The van der Waals surface area contributed by atoms with Crippen molar-refractivity contribution in [2.24, 2.45) is 34.6 Å². The van der Waals surface area contributed by atoms with E-state index in [2.05, 4.69) is 44.5 Å². The van der Waals surface area contributed by atoms with Crippen LogP contribution in [0.4, 0.5) is 34.6 Å². The second-order valence-corrected chi connectivity index (χ2v) is 12.2. The van der Waals surface area contributed by atoms with Gasteiger partial charge in [-0.1, -0.05) is 40.5 Å². The predicted octanol–water partition coefficient (Wildman–Crippen LogP) is 5.09. The van der Waals surface area contributed by atoms with Crippen LogP contribution in [0.5, 0.6) is 0 Å². The molecule has 0 unspecified atom stereocenters. The number of carbonyl (C=O) groups is 2. The van der Waals surface area contributed by atoms with Gasteiger partial charge in [0.15, 0.2) is 34.6 Å². The number of anilines is 2. The van der Waals surface area contributed by atoms with Crippen LogP contribution in [-0.4, -0.2) is 80.2 Å². The molecule has 0 aromatic carbocycles. The van der Waals surface area contributed by atoms with Gasteiger partial charge in [0.1, 0.15) is 17.0 Å². The highest BCUT2D eigenvalue weighted by molar-refractivity contribution is 5.94. The lowest BCUT2D eigenvalue weighted by molar-refractivity contribution is 0.0592. The number of azo groups is 2. The fourth-order valence-electron chi connectivity index (χ4n) is 5.11. The zero-order chi connectivity index (χ0) is 38.4. The Morgan fingerprint density at radius 2 is 1.13 bits per heavy atom. The fraction of sp³-hybridized carbons (Fsp3) is 0.469. The first kappa shape index (κ1) is 37.8. The van der Waals surface area contributed by atoms with E-state index < -0.39 is 11.9 Å². The highest BCUT2D eigenvalue weighted by atomic mass is 16.5. The Labute approximate surface area is 304 Å². The molecule has 5 aromatic rings. The average Bonchev–Trinajstić information content (AvgIpc) is 3.89. The number of hydrogen-bond donors (Lipinski definition) is 2. The summed E-state index contributed by atoms with van der Waals surface area (Å²) >= 11 is 0. The Morgan fingerprint density at radius 1 is 0.717 bits per heavy atom. The summed E-state index contributed by atoms with van der Waals surface area (Å²) in [6, 6.07) is 0. The van der Waals surface area contributed by atoms with E-state index in [1.807, 2.05) is 13.8 Å². The van der Waals surface area contributed by atoms with Gasteiger partial charge < -0.3 is 20.9 Å². The van der Waals surface area contributed by atoms with E-state index in [-0.39, 0.29) is 63.6 Å². The maximum Gasteiger partial charge on any atom is 0.343 e. The molecule has 21 nitrogen and oxygen atoms in total. The van der Waals surface area contributed by atoms with Gasteiger partial charge in [-0.15, -0.1) is 20.5 Å². The van der Waals surface area contributed by atoms with Crippen LogP contribution in [0.15, 0.2) is 32.9 Å². The van der Waals surface area contributed by atoms with E-state index in [1.54, 1.807) is 14.1 Å². The van der Waals surface area contributed by atoms with Crippen molar-refractivity contribution in [3.8, 4) is 11.9 Å². The normalized spacial score (nSPS) is 11.8. The third-order valence-corrected chi connectivity index (χ3v) is 8.10. The molecule has 0 saturated heterocycles. The lowest BCUT2D eigenvalue weighted by Crippen LogP contribution is -2.16. The first-order valence-corrected chi connectivity index (χ1v) is 17.0. The highest BCUT2D eigenvalue weighted by Crippen LogP contribution is 2.35. The van der Waals surface area contributed by atoms with Crippen molar-refractivity contribution in [3.63, 3.8) is 0 Å². The number of carbonyl (C=O) groups excluding carboxylic acids is 2. The Kier molecular flexibility index (Phi) is 11.6. The van der Waals surface area contributed by atoms with Crippen LogP contribution >= 0.6 is 0 Å². The molecule has 0 aliphatic rings. The first-order valence-electron chi connectivity index (χ1n) is 17.0. The van der Waals surface area contributed by atoms with Crippen LogP contribution in [-0.2, 0) is 36.4 Å². The Bertz CT molecular complexity index is 2030. The number of rotatable bonds is 15. The smallest absolute Gasteiger partial charge is 0.343 e. The van der Waals surface area contributed by atoms with Crippen LogP contribution in [0.3, 0.4) is 0 Å². The zero-order valence-corrected chi connectivity index (χ0v) is 31.0. The summed E-state index contributed by atoms with van der Waals surface area (Å²) in [4.78, 5) is 38.7. The molecule has 0 bridgehead atoms. The number of ether oxygens (including phenoxy) is 2. The van der Waals surface area contributed by atoms with Crippen molar-refractivity contribution in [1.29, 1.82) is 0 Å². The van der Waals surface area contributed by atoms with Crippen molar-refractivity contribution in [1.82, 2.24) is 54.1 Å². The fourth-order valence-corrected chi connectivity index (χ4v) is 5.11. The molecular weight excluding hydrogens is 686 g/mol. The summed E-state index contributed by atoms with van der Waals surface area (Å²) in [7, 11) is 5.80. The van der Waals surface area contributed by atoms with Gasteiger partial charge in [-0.3, -0.25) is 0 Å². The number of esters is 2. The number of hydrogen-bond acceptors (Lipinski definition) is 17. The zero-order valence-electron chi connectivity index (χ0n) is 31.0. The van der Waals surface area contributed by atoms with Gasteiger partial charge in [-0.25, -0.2) is 19.0 Å². The highest BCUT2D eigenvalue weighted by Gasteiger charge is 2.25. The molecule has 0 spiro atoms. The quantitative estimate of drug-likeness (QED) is 0.105. The molecule has 0 fully saturated rings. The number of aryl methyl sites for hydroxylation is 4. The van der Waals surface area contributed by atoms with Gasteiger partial charge in [0.05, 0.1) is 38.0 Å². The number of unbranched alkanes of at least 4 members (excludes halogenated alkanes) is 2. The molecule has 0 aliphatic carbocycles. The van der Waals surface area contributed by atoms with Gasteiger partial charge in [-0.05, 0) is 25.7 Å². The van der Waals surface area contributed by atoms with Crippen LogP contribution in [0.25, 0.3) is 11.9 Å². The Balaban J connectivity index is 1.63. The maximum atomic E-state index is 12.3. The van der Waals surface area contributed by atoms with E-state index >= 15 is 0 Å². The first-order chi connectivity index (χ1) is 25.4. The summed E-state index contributed by atoms with van der Waals surface area (Å²) < 4.78 is 15.3. The minimum absolute atomic E-state index is 0.0944.